The van der Waals surface area contributed by atoms with Gasteiger partial charge in [-0.15, -0.1) is 0 Å². The van der Waals surface area contributed by atoms with E-state index in [9.17, 15) is 4.79 Å². The molecule has 1 aliphatic heterocycles. The number of hydrogen-bond acceptors (Lipinski definition) is 2. The van der Waals surface area contributed by atoms with Crippen molar-refractivity contribution in [3.63, 3.8) is 0 Å². The number of hydrogen-bond donors (Lipinski definition) is 2. The molecule has 0 aliphatic carbocycles. The van der Waals surface area contributed by atoms with Crippen molar-refractivity contribution in [2.75, 3.05) is 18.0 Å². The molecule has 1 aromatic carbocycles. The van der Waals surface area contributed by atoms with Crippen molar-refractivity contribution >= 4 is 11.7 Å². The van der Waals surface area contributed by atoms with Gasteiger partial charge in [0, 0.05) is 19.1 Å². The van der Waals surface area contributed by atoms with Gasteiger partial charge in [-0.25, -0.2) is 4.79 Å². The predicted molar refractivity (Wildman–Crippen MR) is 69.0 cm³/mol. The highest BCUT2D eigenvalue weighted by molar-refractivity contribution is 5.93. The van der Waals surface area contributed by atoms with Crippen molar-refractivity contribution in [3.05, 3.63) is 29.8 Å². The Morgan fingerprint density at radius 3 is 3.06 bits per heavy atom. The van der Waals surface area contributed by atoms with Gasteiger partial charge in [-0.3, -0.25) is 4.90 Å². The molecular formula is C13H19N3O. The van der Waals surface area contributed by atoms with Gasteiger partial charge in [0.25, 0.3) is 0 Å². The maximum Gasteiger partial charge on any atom is 0.321 e. The fourth-order valence-electron chi connectivity index (χ4n) is 2.25. The molecule has 0 radical (unpaired) electrons. The lowest BCUT2D eigenvalue weighted by Gasteiger charge is -2.23. The maximum absolute atomic E-state index is 12.0. The van der Waals surface area contributed by atoms with Crippen LogP contribution < -0.4 is 16.0 Å². The Hall–Kier alpha value is -1.55. The number of rotatable bonds is 1. The zero-order valence-corrected chi connectivity index (χ0v) is 10.1. The van der Waals surface area contributed by atoms with E-state index in [1.807, 2.05) is 31.2 Å². The van der Waals surface area contributed by atoms with Crippen LogP contribution in [0.3, 0.4) is 0 Å². The van der Waals surface area contributed by atoms with E-state index in [4.69, 9.17) is 5.73 Å². The number of urea groups is 1. The molecule has 4 heteroatoms. The summed E-state index contributed by atoms with van der Waals surface area (Å²) in [5.74, 6) is 0. The van der Waals surface area contributed by atoms with Crippen LogP contribution in [0.2, 0.25) is 0 Å². The second-order valence-electron chi connectivity index (χ2n) is 4.29. The molecular weight excluding hydrogens is 214 g/mol. The fourth-order valence-corrected chi connectivity index (χ4v) is 2.25. The lowest BCUT2D eigenvalue weighted by molar-refractivity contribution is 0.246. The smallest absolute Gasteiger partial charge is 0.321 e. The largest absolute Gasteiger partial charge is 0.338 e. The molecule has 0 fully saturated rings. The van der Waals surface area contributed by atoms with E-state index in [1.165, 1.54) is 0 Å². The number of carbonyl (C=O) groups excluding carboxylic acids is 1. The van der Waals surface area contributed by atoms with Gasteiger partial charge < -0.3 is 11.1 Å². The Morgan fingerprint density at radius 2 is 2.29 bits per heavy atom. The summed E-state index contributed by atoms with van der Waals surface area (Å²) in [7, 11) is 0. The molecule has 17 heavy (non-hydrogen) atoms. The van der Waals surface area contributed by atoms with Gasteiger partial charge in [0.2, 0.25) is 0 Å². The van der Waals surface area contributed by atoms with Crippen molar-refractivity contribution in [2.24, 2.45) is 5.73 Å². The Balaban J connectivity index is 2.35. The number of nitrogens with one attached hydrogen (secondary N) is 1. The molecule has 1 unspecified atom stereocenters. The van der Waals surface area contributed by atoms with Gasteiger partial charge >= 0.3 is 6.03 Å². The molecule has 1 aromatic rings. The number of nitrogens with two attached hydrogens (primary N) is 1. The van der Waals surface area contributed by atoms with Gasteiger partial charge in [-0.05, 0) is 31.4 Å². The molecule has 2 amide bonds. The van der Waals surface area contributed by atoms with E-state index in [2.05, 4.69) is 5.32 Å². The lowest BCUT2D eigenvalue weighted by Crippen LogP contribution is -2.40. The highest BCUT2D eigenvalue weighted by Crippen LogP contribution is 2.31. The van der Waals surface area contributed by atoms with Crippen molar-refractivity contribution in [1.29, 1.82) is 0 Å². The quantitative estimate of drug-likeness (QED) is 0.779. The minimum atomic E-state index is -0.0333. The number of para-hydroxylation sites is 1. The third-order valence-electron chi connectivity index (χ3n) is 3.10. The first kappa shape index (κ1) is 11.9. The van der Waals surface area contributed by atoms with E-state index in [0.717, 1.165) is 30.6 Å². The van der Waals surface area contributed by atoms with E-state index in [-0.39, 0.29) is 12.1 Å². The SMILES string of the molecule is CCNC(=O)N1CCCC(N)c2ccccc21. The molecule has 2 rings (SSSR count). The van der Waals surface area contributed by atoms with Crippen molar-refractivity contribution in [2.45, 2.75) is 25.8 Å². The van der Waals surface area contributed by atoms with E-state index in [1.54, 1.807) is 4.90 Å². The van der Waals surface area contributed by atoms with Gasteiger partial charge in [0.15, 0.2) is 0 Å². The summed E-state index contributed by atoms with van der Waals surface area (Å²) in [5, 5.41) is 2.84. The van der Waals surface area contributed by atoms with Crippen LogP contribution >= 0.6 is 0 Å². The highest BCUT2D eigenvalue weighted by Gasteiger charge is 2.23. The first-order chi connectivity index (χ1) is 8.24. The molecule has 4 nitrogen and oxygen atoms in total. The average Bonchev–Trinajstić information content (AvgIpc) is 2.50. The minimum Gasteiger partial charge on any atom is -0.338 e. The average molecular weight is 233 g/mol. The summed E-state index contributed by atoms with van der Waals surface area (Å²) >= 11 is 0. The van der Waals surface area contributed by atoms with Crippen LogP contribution in [0.15, 0.2) is 24.3 Å². The monoisotopic (exact) mass is 233 g/mol. The Morgan fingerprint density at radius 1 is 1.53 bits per heavy atom. The van der Waals surface area contributed by atoms with Crippen molar-refractivity contribution < 1.29 is 4.79 Å². The normalized spacial score (nSPS) is 19.4. The second kappa shape index (κ2) is 5.19. The summed E-state index contributed by atoms with van der Waals surface area (Å²) in [6.07, 6.45) is 1.86. The molecule has 0 aromatic heterocycles. The van der Waals surface area contributed by atoms with Crippen LogP contribution in [-0.4, -0.2) is 19.1 Å². The molecule has 1 atom stereocenters. The molecule has 3 N–H and O–H groups in total. The van der Waals surface area contributed by atoms with Crippen molar-refractivity contribution in [1.82, 2.24) is 5.32 Å². The Bertz CT molecular complexity index is 405. The summed E-state index contributed by atoms with van der Waals surface area (Å²) in [5.41, 5.74) is 8.14. The van der Waals surface area contributed by atoms with Crippen LogP contribution in [0, 0.1) is 0 Å². The van der Waals surface area contributed by atoms with Gasteiger partial charge in [-0.1, -0.05) is 18.2 Å². The van der Waals surface area contributed by atoms with Crippen LogP contribution in [0.5, 0.6) is 0 Å². The summed E-state index contributed by atoms with van der Waals surface area (Å²) < 4.78 is 0. The van der Waals surface area contributed by atoms with E-state index >= 15 is 0 Å². The van der Waals surface area contributed by atoms with Crippen LogP contribution in [0.4, 0.5) is 10.5 Å². The first-order valence-corrected chi connectivity index (χ1v) is 6.14. The van der Waals surface area contributed by atoms with Crippen molar-refractivity contribution in [3.8, 4) is 0 Å². The first-order valence-electron chi connectivity index (χ1n) is 6.14. The molecule has 0 saturated heterocycles. The third kappa shape index (κ3) is 2.42. The van der Waals surface area contributed by atoms with Gasteiger partial charge in [-0.2, -0.15) is 0 Å². The van der Waals surface area contributed by atoms with E-state index < -0.39 is 0 Å². The number of carbonyl (C=O) groups is 1. The standard InChI is InChI=1S/C13H19N3O/c1-2-15-13(17)16-9-5-7-11(14)10-6-3-4-8-12(10)16/h3-4,6,8,11H,2,5,7,9,14H2,1H3,(H,15,17). The molecule has 0 spiro atoms. The number of fused-ring (bicyclic) bond motifs is 1. The van der Waals surface area contributed by atoms with Gasteiger partial charge in [0.1, 0.15) is 0 Å². The number of amides is 2. The van der Waals surface area contributed by atoms with Crippen LogP contribution in [0.25, 0.3) is 0 Å². The zero-order valence-electron chi connectivity index (χ0n) is 10.1. The maximum atomic E-state index is 12.0. The fraction of sp³-hybridized carbons (Fsp3) is 0.462. The molecule has 1 aliphatic rings. The number of anilines is 1. The molecule has 1 heterocycles. The zero-order chi connectivity index (χ0) is 12.3. The molecule has 0 bridgehead atoms. The molecule has 0 saturated carbocycles. The number of nitrogens with zero attached hydrogens (tertiary/aromatic N) is 1. The predicted octanol–water partition coefficient (Wildman–Crippen LogP) is 2.02. The topological polar surface area (TPSA) is 58.4 Å². The lowest BCUT2D eigenvalue weighted by atomic mass is 10.0. The number of benzene rings is 1. The minimum absolute atomic E-state index is 0.0330. The second-order valence-corrected chi connectivity index (χ2v) is 4.29. The third-order valence-corrected chi connectivity index (χ3v) is 3.10. The van der Waals surface area contributed by atoms with Crippen LogP contribution in [-0.2, 0) is 0 Å². The summed E-state index contributed by atoms with van der Waals surface area (Å²) in [6.45, 7) is 3.30. The Kier molecular flexibility index (Phi) is 3.64. The highest BCUT2D eigenvalue weighted by atomic mass is 16.2. The van der Waals surface area contributed by atoms with E-state index in [0.29, 0.717) is 6.54 Å². The van der Waals surface area contributed by atoms with Crippen LogP contribution in [0.1, 0.15) is 31.4 Å². The Labute approximate surface area is 102 Å². The van der Waals surface area contributed by atoms with Gasteiger partial charge in [0.05, 0.1) is 5.69 Å². The molecule has 92 valence electrons. The summed E-state index contributed by atoms with van der Waals surface area (Å²) in [6, 6.07) is 7.90. The summed E-state index contributed by atoms with van der Waals surface area (Å²) in [4.78, 5) is 13.8.